The third kappa shape index (κ3) is 5.17. The van der Waals surface area contributed by atoms with Crippen molar-refractivity contribution in [1.29, 1.82) is 0 Å². The first kappa shape index (κ1) is 18.2. The summed E-state index contributed by atoms with van der Waals surface area (Å²) in [4.78, 5) is 0. The van der Waals surface area contributed by atoms with Crippen molar-refractivity contribution in [1.82, 2.24) is 9.62 Å². The maximum absolute atomic E-state index is 11.6. The fourth-order valence-electron chi connectivity index (χ4n) is 2.77. The van der Waals surface area contributed by atoms with E-state index >= 15 is 0 Å². The quantitative estimate of drug-likeness (QED) is 0.697. The lowest BCUT2D eigenvalue weighted by Crippen LogP contribution is -2.44. The van der Waals surface area contributed by atoms with Crippen molar-refractivity contribution in [3.8, 4) is 0 Å². The zero-order valence-electron chi connectivity index (χ0n) is 13.0. The first-order valence-electron chi connectivity index (χ1n) is 7.58. The van der Waals surface area contributed by atoms with Crippen LogP contribution in [0.1, 0.15) is 39.5 Å². The predicted octanol–water partition coefficient (Wildman–Crippen LogP) is 2.29. The van der Waals surface area contributed by atoms with Gasteiger partial charge < -0.3 is 5.32 Å². The Morgan fingerprint density at radius 3 is 2.50 bits per heavy atom. The van der Waals surface area contributed by atoms with Crippen LogP contribution in [0.4, 0.5) is 0 Å². The molecule has 1 N–H and O–H groups in total. The zero-order valence-corrected chi connectivity index (χ0v) is 14.6. The lowest BCUT2D eigenvalue weighted by Gasteiger charge is -2.33. The Bertz CT molecular complexity index is 374. The van der Waals surface area contributed by atoms with Crippen LogP contribution >= 0.6 is 11.6 Å². The average Bonchev–Trinajstić information content (AvgIpc) is 2.44. The molecule has 0 radical (unpaired) electrons. The normalized spacial score (nSPS) is 22.1. The molecule has 0 spiro atoms. The summed E-state index contributed by atoms with van der Waals surface area (Å²) in [7, 11) is -3.04. The summed E-state index contributed by atoms with van der Waals surface area (Å²) < 4.78 is 24.8. The van der Waals surface area contributed by atoms with Gasteiger partial charge in [0.2, 0.25) is 10.0 Å². The van der Waals surface area contributed by atoms with Crippen LogP contribution in [-0.4, -0.2) is 51.0 Å². The number of hydrogen-bond acceptors (Lipinski definition) is 3. The molecule has 120 valence electrons. The number of nitrogens with zero attached hydrogens (tertiary/aromatic N) is 1. The Kier molecular flexibility index (Phi) is 7.25. The van der Waals surface area contributed by atoms with Gasteiger partial charge in [-0.3, -0.25) is 0 Å². The molecule has 20 heavy (non-hydrogen) atoms. The molecule has 1 saturated heterocycles. The zero-order chi connectivity index (χ0) is 15.2. The van der Waals surface area contributed by atoms with Gasteiger partial charge in [0, 0.05) is 25.5 Å². The largest absolute Gasteiger partial charge is 0.316 e. The van der Waals surface area contributed by atoms with Crippen molar-refractivity contribution in [2.24, 2.45) is 11.3 Å². The van der Waals surface area contributed by atoms with Gasteiger partial charge in [0.1, 0.15) is 0 Å². The highest BCUT2D eigenvalue weighted by atomic mass is 35.5. The van der Waals surface area contributed by atoms with E-state index in [4.69, 9.17) is 11.6 Å². The van der Waals surface area contributed by atoms with Gasteiger partial charge in [0.05, 0.1) is 6.26 Å². The molecule has 0 aromatic heterocycles. The third-order valence-electron chi connectivity index (χ3n) is 4.67. The second kappa shape index (κ2) is 7.97. The smallest absolute Gasteiger partial charge is 0.211 e. The van der Waals surface area contributed by atoms with Crippen molar-refractivity contribution in [3.63, 3.8) is 0 Å². The summed E-state index contributed by atoms with van der Waals surface area (Å²) in [6.45, 7) is 7.48. The first-order valence-corrected chi connectivity index (χ1v) is 9.97. The standard InChI is InChI=1S/C14H29ClN2O2S/c1-4-14(5-2,11-15)12-16-9-13-7-6-8-17(10-13)20(3,18)19/h13,16H,4-12H2,1-3H3. The maximum atomic E-state index is 11.6. The number of halogens is 1. The number of sulfonamides is 1. The molecule has 0 amide bonds. The molecule has 6 heteroatoms. The highest BCUT2D eigenvalue weighted by Crippen LogP contribution is 2.27. The summed E-state index contributed by atoms with van der Waals surface area (Å²) in [6, 6.07) is 0. The van der Waals surface area contributed by atoms with Crippen LogP contribution in [0.5, 0.6) is 0 Å². The summed E-state index contributed by atoms with van der Waals surface area (Å²) in [5, 5.41) is 3.51. The molecule has 1 aliphatic rings. The van der Waals surface area contributed by atoms with Gasteiger partial charge >= 0.3 is 0 Å². The topological polar surface area (TPSA) is 49.4 Å². The fraction of sp³-hybridized carbons (Fsp3) is 1.00. The van der Waals surface area contributed by atoms with Crippen molar-refractivity contribution in [2.45, 2.75) is 39.5 Å². The molecule has 1 heterocycles. The monoisotopic (exact) mass is 324 g/mol. The number of hydrogen-bond donors (Lipinski definition) is 1. The van der Waals surface area contributed by atoms with Gasteiger partial charge in [-0.15, -0.1) is 11.6 Å². The van der Waals surface area contributed by atoms with E-state index in [1.54, 1.807) is 4.31 Å². The Balaban J connectivity index is 2.42. The Hall–Kier alpha value is 0.160. The molecule has 1 fully saturated rings. The molecule has 0 aliphatic carbocycles. The Morgan fingerprint density at radius 2 is 2.00 bits per heavy atom. The van der Waals surface area contributed by atoms with Crippen molar-refractivity contribution in [2.75, 3.05) is 38.3 Å². The minimum atomic E-state index is -3.04. The van der Waals surface area contributed by atoms with Gasteiger partial charge in [-0.2, -0.15) is 0 Å². The number of nitrogens with one attached hydrogen (secondary N) is 1. The molecule has 1 aliphatic heterocycles. The van der Waals surface area contributed by atoms with E-state index in [2.05, 4.69) is 19.2 Å². The second-order valence-electron chi connectivity index (χ2n) is 6.10. The molecule has 0 aromatic rings. The average molecular weight is 325 g/mol. The lowest BCUT2D eigenvalue weighted by molar-refractivity contribution is 0.237. The first-order chi connectivity index (χ1) is 9.37. The summed E-state index contributed by atoms with van der Waals surface area (Å²) >= 11 is 6.10. The molecule has 0 bridgehead atoms. The van der Waals surface area contributed by atoms with Crippen LogP contribution in [0.3, 0.4) is 0 Å². The summed E-state index contributed by atoms with van der Waals surface area (Å²) in [6.07, 6.45) is 5.50. The predicted molar refractivity (Wildman–Crippen MR) is 85.7 cm³/mol. The number of alkyl halides is 1. The third-order valence-corrected chi connectivity index (χ3v) is 6.50. The van der Waals surface area contributed by atoms with Gasteiger partial charge in [-0.25, -0.2) is 12.7 Å². The Labute approximate surface area is 129 Å². The fourth-order valence-corrected chi connectivity index (χ4v) is 4.19. The molecular weight excluding hydrogens is 296 g/mol. The van der Waals surface area contributed by atoms with E-state index in [0.29, 0.717) is 24.9 Å². The van der Waals surface area contributed by atoms with Crippen LogP contribution in [-0.2, 0) is 10.0 Å². The Morgan fingerprint density at radius 1 is 1.35 bits per heavy atom. The molecule has 0 saturated carbocycles. The van der Waals surface area contributed by atoms with Crippen LogP contribution in [0, 0.1) is 11.3 Å². The SMILES string of the molecule is CCC(CC)(CCl)CNCC1CCCN(S(C)(=O)=O)C1. The second-order valence-corrected chi connectivity index (χ2v) is 8.35. The van der Waals surface area contributed by atoms with E-state index in [1.165, 1.54) is 6.26 Å². The lowest BCUT2D eigenvalue weighted by atomic mass is 9.84. The summed E-state index contributed by atoms with van der Waals surface area (Å²) in [5.74, 6) is 1.09. The minimum absolute atomic E-state index is 0.173. The molecule has 0 aromatic carbocycles. The molecule has 4 nitrogen and oxygen atoms in total. The van der Waals surface area contributed by atoms with E-state index in [0.717, 1.165) is 38.8 Å². The van der Waals surface area contributed by atoms with Crippen molar-refractivity contribution >= 4 is 21.6 Å². The van der Waals surface area contributed by atoms with Crippen LogP contribution in [0.15, 0.2) is 0 Å². The minimum Gasteiger partial charge on any atom is -0.316 e. The van der Waals surface area contributed by atoms with Gasteiger partial charge in [-0.1, -0.05) is 13.8 Å². The van der Waals surface area contributed by atoms with Crippen molar-refractivity contribution in [3.05, 3.63) is 0 Å². The van der Waals surface area contributed by atoms with E-state index in [-0.39, 0.29) is 5.41 Å². The van der Waals surface area contributed by atoms with Gasteiger partial charge in [-0.05, 0) is 43.6 Å². The van der Waals surface area contributed by atoms with Crippen LogP contribution in [0.25, 0.3) is 0 Å². The van der Waals surface area contributed by atoms with Crippen molar-refractivity contribution < 1.29 is 8.42 Å². The molecule has 1 unspecified atom stereocenters. The molecule has 1 rings (SSSR count). The highest BCUT2D eigenvalue weighted by Gasteiger charge is 2.28. The van der Waals surface area contributed by atoms with E-state index < -0.39 is 10.0 Å². The molecule has 1 atom stereocenters. The van der Waals surface area contributed by atoms with Gasteiger partial charge in [0.25, 0.3) is 0 Å². The van der Waals surface area contributed by atoms with Gasteiger partial charge in [0.15, 0.2) is 0 Å². The summed E-state index contributed by atoms with van der Waals surface area (Å²) in [5.41, 5.74) is 0.173. The molecular formula is C14H29ClN2O2S. The maximum Gasteiger partial charge on any atom is 0.211 e. The van der Waals surface area contributed by atoms with Crippen LogP contribution < -0.4 is 5.32 Å². The number of piperidine rings is 1. The van der Waals surface area contributed by atoms with Crippen LogP contribution in [0.2, 0.25) is 0 Å². The van der Waals surface area contributed by atoms with E-state index in [1.807, 2.05) is 0 Å². The number of rotatable bonds is 8. The van der Waals surface area contributed by atoms with E-state index in [9.17, 15) is 8.42 Å². The highest BCUT2D eigenvalue weighted by molar-refractivity contribution is 7.88.